The van der Waals surface area contributed by atoms with Crippen LogP contribution in [0.5, 0.6) is 0 Å². The van der Waals surface area contributed by atoms with E-state index in [4.69, 9.17) is 0 Å². The number of piperidine rings is 1. The van der Waals surface area contributed by atoms with Crippen molar-refractivity contribution in [1.29, 1.82) is 0 Å². The van der Waals surface area contributed by atoms with Crippen LogP contribution in [0.2, 0.25) is 0 Å². The number of benzene rings is 1. The van der Waals surface area contributed by atoms with Crippen LogP contribution in [0.15, 0.2) is 48.9 Å². The molecule has 2 N–H and O–H groups in total. The van der Waals surface area contributed by atoms with Crippen molar-refractivity contribution >= 4 is 5.91 Å². The average Bonchev–Trinajstić information content (AvgIpc) is 3.19. The predicted molar refractivity (Wildman–Crippen MR) is 94.5 cm³/mol. The molecule has 0 radical (unpaired) electrons. The van der Waals surface area contributed by atoms with E-state index in [-0.39, 0.29) is 5.91 Å². The summed E-state index contributed by atoms with van der Waals surface area (Å²) in [4.78, 5) is 22.7. The van der Waals surface area contributed by atoms with Gasteiger partial charge in [-0.25, -0.2) is 4.98 Å². The second kappa shape index (κ2) is 7.29. The lowest BCUT2D eigenvalue weighted by molar-refractivity contribution is 0.0642. The van der Waals surface area contributed by atoms with Gasteiger partial charge < -0.3 is 4.90 Å². The Balaban J connectivity index is 1.39. The fourth-order valence-electron chi connectivity index (χ4n) is 3.89. The molecule has 2 fully saturated rings. The fourth-order valence-corrected chi connectivity index (χ4v) is 3.89. The van der Waals surface area contributed by atoms with Gasteiger partial charge in [0.2, 0.25) is 0 Å². The van der Waals surface area contributed by atoms with Crippen LogP contribution in [-0.4, -0.2) is 39.9 Å². The van der Waals surface area contributed by atoms with Crippen molar-refractivity contribution in [3.05, 3.63) is 60.2 Å². The molecule has 25 heavy (non-hydrogen) atoms. The molecule has 130 valence electrons. The lowest BCUT2D eigenvalue weighted by atomic mass is 9.87. The van der Waals surface area contributed by atoms with Crippen LogP contribution in [0.3, 0.4) is 0 Å². The van der Waals surface area contributed by atoms with Crippen LogP contribution < -0.4 is 10.9 Å². The normalized spacial score (nSPS) is 26.6. The van der Waals surface area contributed by atoms with Crippen molar-refractivity contribution in [2.24, 2.45) is 5.92 Å². The summed E-state index contributed by atoms with van der Waals surface area (Å²) in [6.45, 7) is 1.57. The maximum Gasteiger partial charge on any atom is 0.274 e. The van der Waals surface area contributed by atoms with Crippen molar-refractivity contribution in [2.45, 2.75) is 31.3 Å². The fraction of sp³-hybridized carbons (Fsp3) is 0.421. The van der Waals surface area contributed by atoms with Crippen molar-refractivity contribution in [3.63, 3.8) is 0 Å². The van der Waals surface area contributed by atoms with E-state index in [1.165, 1.54) is 5.56 Å². The Hall–Kier alpha value is -2.31. The molecule has 3 atom stereocenters. The highest BCUT2D eigenvalue weighted by Crippen LogP contribution is 2.30. The van der Waals surface area contributed by atoms with Gasteiger partial charge in [0, 0.05) is 37.6 Å². The zero-order chi connectivity index (χ0) is 17.1. The molecule has 2 saturated heterocycles. The molecule has 0 bridgehead atoms. The molecule has 4 rings (SSSR count). The highest BCUT2D eigenvalue weighted by molar-refractivity contribution is 5.92. The topological polar surface area (TPSA) is 70.2 Å². The van der Waals surface area contributed by atoms with Gasteiger partial charge >= 0.3 is 0 Å². The Labute approximate surface area is 147 Å². The maximum atomic E-state index is 12.6. The van der Waals surface area contributed by atoms with Crippen LogP contribution in [0.1, 0.15) is 41.4 Å². The molecule has 3 heterocycles. The zero-order valence-corrected chi connectivity index (χ0v) is 14.1. The maximum absolute atomic E-state index is 12.6. The Morgan fingerprint density at radius 3 is 2.84 bits per heavy atom. The number of rotatable bonds is 3. The van der Waals surface area contributed by atoms with Crippen molar-refractivity contribution in [1.82, 2.24) is 25.7 Å². The number of hydrogen-bond acceptors (Lipinski definition) is 5. The smallest absolute Gasteiger partial charge is 0.274 e. The SMILES string of the molecule is O=C(c1cnccn1)N1CCCC(C2CC(c3ccccc3)NN2)C1. The van der Waals surface area contributed by atoms with Gasteiger partial charge in [-0.1, -0.05) is 30.3 Å². The second-order valence-electron chi connectivity index (χ2n) is 6.84. The molecule has 0 saturated carbocycles. The van der Waals surface area contributed by atoms with Crippen LogP contribution in [0.4, 0.5) is 0 Å². The van der Waals surface area contributed by atoms with Crippen molar-refractivity contribution in [2.75, 3.05) is 13.1 Å². The van der Waals surface area contributed by atoms with Crippen molar-refractivity contribution in [3.8, 4) is 0 Å². The predicted octanol–water partition coefficient (Wildman–Crippen LogP) is 1.94. The first-order valence-electron chi connectivity index (χ1n) is 8.92. The van der Waals surface area contributed by atoms with E-state index in [2.05, 4.69) is 45.1 Å². The lowest BCUT2D eigenvalue weighted by Gasteiger charge is -2.35. The standard InChI is InChI=1S/C19H23N5O/c25-19(18-12-20-8-9-21-18)24-10-4-7-15(13-24)17-11-16(22-23-17)14-5-2-1-3-6-14/h1-3,5-6,8-9,12,15-17,22-23H,4,7,10-11,13H2. The number of amides is 1. The quantitative estimate of drug-likeness (QED) is 0.896. The van der Waals surface area contributed by atoms with Gasteiger partial charge in [0.05, 0.1) is 6.20 Å². The molecule has 6 heteroatoms. The molecule has 2 aliphatic heterocycles. The Bertz CT molecular complexity index is 708. The molecule has 1 aromatic heterocycles. The monoisotopic (exact) mass is 337 g/mol. The molecular formula is C19H23N5O. The molecule has 3 unspecified atom stereocenters. The highest BCUT2D eigenvalue weighted by Gasteiger charge is 2.35. The number of nitrogens with zero attached hydrogens (tertiary/aromatic N) is 3. The van der Waals surface area contributed by atoms with Gasteiger partial charge in [-0.3, -0.25) is 20.6 Å². The summed E-state index contributed by atoms with van der Waals surface area (Å²) in [6, 6.07) is 11.2. The van der Waals surface area contributed by atoms with E-state index in [1.54, 1.807) is 18.6 Å². The Morgan fingerprint density at radius 1 is 1.16 bits per heavy atom. The van der Waals surface area contributed by atoms with E-state index in [0.29, 0.717) is 23.7 Å². The summed E-state index contributed by atoms with van der Waals surface area (Å²) >= 11 is 0. The minimum absolute atomic E-state index is 0.0108. The third kappa shape index (κ3) is 3.55. The zero-order valence-electron chi connectivity index (χ0n) is 14.1. The minimum atomic E-state index is -0.0108. The summed E-state index contributed by atoms with van der Waals surface area (Å²) < 4.78 is 0. The number of carbonyl (C=O) groups is 1. The van der Waals surface area contributed by atoms with Crippen LogP contribution >= 0.6 is 0 Å². The van der Waals surface area contributed by atoms with Gasteiger partial charge in [-0.2, -0.15) is 0 Å². The number of carbonyl (C=O) groups excluding carboxylic acids is 1. The van der Waals surface area contributed by atoms with Crippen LogP contribution in [-0.2, 0) is 0 Å². The van der Waals surface area contributed by atoms with E-state index in [1.807, 2.05) is 11.0 Å². The third-order valence-corrected chi connectivity index (χ3v) is 5.23. The minimum Gasteiger partial charge on any atom is -0.337 e. The Morgan fingerprint density at radius 2 is 2.04 bits per heavy atom. The number of likely N-dealkylation sites (tertiary alicyclic amines) is 1. The highest BCUT2D eigenvalue weighted by atomic mass is 16.2. The molecule has 1 amide bonds. The number of nitrogens with one attached hydrogen (secondary N) is 2. The summed E-state index contributed by atoms with van der Waals surface area (Å²) in [6.07, 6.45) is 7.93. The first-order chi connectivity index (χ1) is 12.3. The lowest BCUT2D eigenvalue weighted by Crippen LogP contribution is -2.47. The number of hydrogen-bond donors (Lipinski definition) is 2. The van der Waals surface area contributed by atoms with Gasteiger partial charge in [0.25, 0.3) is 5.91 Å². The molecule has 2 aliphatic rings. The molecule has 1 aromatic carbocycles. The first-order valence-corrected chi connectivity index (χ1v) is 8.92. The molecule has 6 nitrogen and oxygen atoms in total. The average molecular weight is 337 g/mol. The summed E-state index contributed by atoms with van der Waals surface area (Å²) in [5, 5.41) is 0. The third-order valence-electron chi connectivity index (χ3n) is 5.23. The van der Waals surface area contributed by atoms with Crippen molar-refractivity contribution < 1.29 is 4.79 Å². The Kier molecular flexibility index (Phi) is 4.72. The van der Waals surface area contributed by atoms with Gasteiger partial charge in [0.1, 0.15) is 5.69 Å². The largest absolute Gasteiger partial charge is 0.337 e. The molecule has 0 spiro atoms. The first kappa shape index (κ1) is 16.2. The van der Waals surface area contributed by atoms with E-state index in [0.717, 1.165) is 32.4 Å². The van der Waals surface area contributed by atoms with Crippen LogP contribution in [0.25, 0.3) is 0 Å². The van der Waals surface area contributed by atoms with Gasteiger partial charge in [0.15, 0.2) is 0 Å². The van der Waals surface area contributed by atoms with Gasteiger partial charge in [-0.15, -0.1) is 0 Å². The molecule has 2 aromatic rings. The van der Waals surface area contributed by atoms with Gasteiger partial charge in [-0.05, 0) is 30.7 Å². The molecular weight excluding hydrogens is 314 g/mol. The second-order valence-corrected chi connectivity index (χ2v) is 6.84. The summed E-state index contributed by atoms with van der Waals surface area (Å²) in [7, 11) is 0. The summed E-state index contributed by atoms with van der Waals surface area (Å²) in [5.74, 6) is 0.443. The molecule has 0 aliphatic carbocycles. The van der Waals surface area contributed by atoms with E-state index >= 15 is 0 Å². The van der Waals surface area contributed by atoms with E-state index in [9.17, 15) is 4.79 Å². The van der Waals surface area contributed by atoms with E-state index < -0.39 is 0 Å². The summed E-state index contributed by atoms with van der Waals surface area (Å²) in [5.41, 5.74) is 8.62. The van der Waals surface area contributed by atoms with Crippen LogP contribution in [0, 0.1) is 5.92 Å². The number of hydrazine groups is 1. The number of aromatic nitrogens is 2.